The molecule has 0 aromatic carbocycles. The van der Waals surface area contributed by atoms with Crippen molar-refractivity contribution in [3.8, 4) is 0 Å². The van der Waals surface area contributed by atoms with E-state index in [-0.39, 0.29) is 17.3 Å². The van der Waals surface area contributed by atoms with Gasteiger partial charge in [-0.25, -0.2) is 4.98 Å². The molecule has 0 saturated heterocycles. The van der Waals surface area contributed by atoms with E-state index in [2.05, 4.69) is 26.2 Å². The second-order valence-corrected chi connectivity index (χ2v) is 5.85. The van der Waals surface area contributed by atoms with E-state index in [0.717, 1.165) is 12.5 Å². The summed E-state index contributed by atoms with van der Waals surface area (Å²) in [5.74, 6) is -0.0868. The van der Waals surface area contributed by atoms with Crippen LogP contribution in [0.5, 0.6) is 0 Å². The van der Waals surface area contributed by atoms with Crippen molar-refractivity contribution in [2.75, 3.05) is 5.32 Å². The van der Waals surface area contributed by atoms with Crippen LogP contribution in [0.4, 0.5) is 19.0 Å². The Morgan fingerprint density at radius 1 is 1.47 bits per heavy atom. The predicted molar refractivity (Wildman–Crippen MR) is 62.7 cm³/mol. The molecule has 1 atom stereocenters. The van der Waals surface area contributed by atoms with Crippen LogP contribution in [0.2, 0.25) is 0 Å². The minimum Gasteiger partial charge on any atom is -0.366 e. The van der Waals surface area contributed by atoms with Gasteiger partial charge in [0.05, 0.1) is 5.56 Å². The average molecular weight is 309 g/mol. The molecule has 0 amide bonds. The predicted octanol–water partition coefficient (Wildman–Crippen LogP) is 4.07. The lowest BCUT2D eigenvalue weighted by atomic mass is 10.2. The van der Waals surface area contributed by atoms with Crippen LogP contribution in [-0.4, -0.2) is 11.0 Å². The van der Waals surface area contributed by atoms with Crippen molar-refractivity contribution in [2.24, 2.45) is 5.41 Å². The zero-order valence-electron chi connectivity index (χ0n) is 9.40. The maximum absolute atomic E-state index is 12.8. The van der Waals surface area contributed by atoms with Gasteiger partial charge in [0.15, 0.2) is 0 Å². The van der Waals surface area contributed by atoms with Crippen molar-refractivity contribution in [3.63, 3.8) is 0 Å². The molecule has 2 rings (SSSR count). The smallest absolute Gasteiger partial charge is 0.366 e. The van der Waals surface area contributed by atoms with Crippen LogP contribution in [0, 0.1) is 5.41 Å². The molecular formula is C11H12BrF3N2. The Kier molecular flexibility index (Phi) is 2.88. The van der Waals surface area contributed by atoms with Crippen LogP contribution in [0.3, 0.4) is 0 Å². The largest absolute Gasteiger partial charge is 0.419 e. The average Bonchev–Trinajstić information content (AvgIpc) is 2.75. The van der Waals surface area contributed by atoms with Crippen LogP contribution in [-0.2, 0) is 6.18 Å². The maximum atomic E-state index is 12.8. The normalized spacial score (nSPS) is 22.4. The SMILES string of the molecule is CC1(C)CC1Nc1ncc(Br)cc1C(F)(F)F. The van der Waals surface area contributed by atoms with Crippen LogP contribution in [0.1, 0.15) is 25.8 Å². The molecule has 1 unspecified atom stereocenters. The van der Waals surface area contributed by atoms with Gasteiger partial charge in [-0.1, -0.05) is 13.8 Å². The molecular weight excluding hydrogens is 297 g/mol. The molecule has 94 valence electrons. The zero-order chi connectivity index (χ0) is 12.8. The molecule has 1 aromatic heterocycles. The van der Waals surface area contributed by atoms with Crippen molar-refractivity contribution < 1.29 is 13.2 Å². The fourth-order valence-electron chi connectivity index (χ4n) is 1.65. The molecule has 2 nitrogen and oxygen atoms in total. The fourth-order valence-corrected chi connectivity index (χ4v) is 1.98. The van der Waals surface area contributed by atoms with Crippen molar-refractivity contribution in [1.29, 1.82) is 0 Å². The van der Waals surface area contributed by atoms with Gasteiger partial charge in [-0.3, -0.25) is 0 Å². The Bertz CT molecular complexity index is 443. The second kappa shape index (κ2) is 3.86. The number of hydrogen-bond donors (Lipinski definition) is 1. The van der Waals surface area contributed by atoms with E-state index >= 15 is 0 Å². The molecule has 0 aliphatic heterocycles. The van der Waals surface area contributed by atoms with E-state index in [4.69, 9.17) is 0 Å². The third-order valence-electron chi connectivity index (χ3n) is 2.98. The number of anilines is 1. The minimum absolute atomic E-state index is 0.0532. The van der Waals surface area contributed by atoms with Gasteiger partial charge >= 0.3 is 6.18 Å². The van der Waals surface area contributed by atoms with Gasteiger partial charge in [0, 0.05) is 16.7 Å². The third-order valence-corrected chi connectivity index (χ3v) is 3.42. The first-order valence-electron chi connectivity index (χ1n) is 5.19. The van der Waals surface area contributed by atoms with E-state index in [1.807, 2.05) is 13.8 Å². The lowest BCUT2D eigenvalue weighted by Crippen LogP contribution is -2.16. The van der Waals surface area contributed by atoms with Gasteiger partial charge in [-0.15, -0.1) is 0 Å². The van der Waals surface area contributed by atoms with Crippen LogP contribution >= 0.6 is 15.9 Å². The van der Waals surface area contributed by atoms with Crippen LogP contribution in [0.25, 0.3) is 0 Å². The summed E-state index contributed by atoms with van der Waals surface area (Å²) >= 11 is 3.00. The summed E-state index contributed by atoms with van der Waals surface area (Å²) in [4.78, 5) is 3.81. The van der Waals surface area contributed by atoms with Crippen molar-refractivity contribution in [2.45, 2.75) is 32.5 Å². The van der Waals surface area contributed by atoms with E-state index in [0.29, 0.717) is 4.47 Å². The third kappa shape index (κ3) is 2.73. The minimum atomic E-state index is -4.39. The zero-order valence-corrected chi connectivity index (χ0v) is 11.0. The van der Waals surface area contributed by atoms with Crippen LogP contribution in [0.15, 0.2) is 16.7 Å². The number of pyridine rings is 1. The quantitative estimate of drug-likeness (QED) is 0.890. The Morgan fingerprint density at radius 2 is 2.06 bits per heavy atom. The Hall–Kier alpha value is -0.780. The van der Waals surface area contributed by atoms with Gasteiger partial charge in [0.2, 0.25) is 0 Å². The first-order valence-corrected chi connectivity index (χ1v) is 5.99. The molecule has 1 aliphatic carbocycles. The summed E-state index contributed by atoms with van der Waals surface area (Å²) in [5.41, 5.74) is -0.674. The van der Waals surface area contributed by atoms with E-state index in [9.17, 15) is 13.2 Å². The number of hydrogen-bond acceptors (Lipinski definition) is 2. The number of aromatic nitrogens is 1. The molecule has 0 bridgehead atoms. The standard InChI is InChI=1S/C11H12BrF3N2/c1-10(2)4-8(10)17-9-7(11(13,14)15)3-6(12)5-16-9/h3,5,8H,4H2,1-2H3,(H,16,17). The molecule has 1 N–H and O–H groups in total. The topological polar surface area (TPSA) is 24.9 Å². The first kappa shape index (κ1) is 12.7. The highest BCUT2D eigenvalue weighted by molar-refractivity contribution is 9.10. The number of nitrogens with one attached hydrogen (secondary N) is 1. The Morgan fingerprint density at radius 3 is 2.53 bits per heavy atom. The molecule has 1 heterocycles. The summed E-state index contributed by atoms with van der Waals surface area (Å²) in [6.45, 7) is 4.02. The number of rotatable bonds is 2. The lowest BCUT2D eigenvalue weighted by Gasteiger charge is -2.14. The molecule has 0 spiro atoms. The van der Waals surface area contributed by atoms with Gasteiger partial charge < -0.3 is 5.32 Å². The highest BCUT2D eigenvalue weighted by Gasteiger charge is 2.47. The lowest BCUT2D eigenvalue weighted by molar-refractivity contribution is -0.137. The maximum Gasteiger partial charge on any atom is 0.419 e. The van der Waals surface area contributed by atoms with Gasteiger partial charge in [0.25, 0.3) is 0 Å². The van der Waals surface area contributed by atoms with Gasteiger partial charge in [-0.2, -0.15) is 13.2 Å². The Balaban J connectivity index is 2.28. The molecule has 0 radical (unpaired) electrons. The van der Waals surface area contributed by atoms with E-state index < -0.39 is 11.7 Å². The Labute approximate surface area is 106 Å². The molecule has 1 fully saturated rings. The van der Waals surface area contributed by atoms with Gasteiger partial charge in [0.1, 0.15) is 5.82 Å². The van der Waals surface area contributed by atoms with Crippen LogP contribution < -0.4 is 5.32 Å². The van der Waals surface area contributed by atoms with Gasteiger partial charge in [-0.05, 0) is 33.8 Å². The molecule has 17 heavy (non-hydrogen) atoms. The van der Waals surface area contributed by atoms with E-state index in [1.165, 1.54) is 6.20 Å². The molecule has 1 aromatic rings. The summed E-state index contributed by atoms with van der Waals surface area (Å²) in [6, 6.07) is 1.11. The number of halogens is 4. The fraction of sp³-hybridized carbons (Fsp3) is 0.545. The number of nitrogens with zero attached hydrogens (tertiary/aromatic N) is 1. The van der Waals surface area contributed by atoms with Crippen molar-refractivity contribution in [3.05, 3.63) is 22.3 Å². The number of alkyl halides is 3. The second-order valence-electron chi connectivity index (χ2n) is 4.94. The van der Waals surface area contributed by atoms with Crippen molar-refractivity contribution >= 4 is 21.7 Å². The summed E-state index contributed by atoms with van der Waals surface area (Å²) in [6.07, 6.45) is -2.16. The monoisotopic (exact) mass is 308 g/mol. The molecule has 1 aliphatic rings. The first-order chi connectivity index (χ1) is 7.70. The summed E-state index contributed by atoms with van der Waals surface area (Å²) < 4.78 is 38.7. The van der Waals surface area contributed by atoms with Crippen molar-refractivity contribution in [1.82, 2.24) is 4.98 Å². The summed E-state index contributed by atoms with van der Waals surface area (Å²) in [7, 11) is 0. The summed E-state index contributed by atoms with van der Waals surface area (Å²) in [5, 5.41) is 2.86. The highest BCUT2D eigenvalue weighted by Crippen LogP contribution is 2.47. The highest BCUT2D eigenvalue weighted by atomic mass is 79.9. The molecule has 6 heteroatoms. The van der Waals surface area contributed by atoms with E-state index in [1.54, 1.807) is 0 Å². The molecule has 1 saturated carbocycles.